The Morgan fingerprint density at radius 1 is 1.23 bits per heavy atom. The summed E-state index contributed by atoms with van der Waals surface area (Å²) in [4.78, 5) is 0. The quantitative estimate of drug-likeness (QED) is 0.619. The number of epoxide rings is 1. The molecule has 3 rings (SSSR count). The Morgan fingerprint density at radius 2 is 1.95 bits per heavy atom. The molecule has 1 saturated heterocycles. The molecule has 0 spiro atoms. The van der Waals surface area contributed by atoms with Crippen LogP contribution in [0.3, 0.4) is 0 Å². The molecule has 0 aromatic carbocycles. The van der Waals surface area contributed by atoms with Crippen LogP contribution in [0.1, 0.15) is 53.4 Å². The van der Waals surface area contributed by atoms with Gasteiger partial charge >= 0.3 is 0 Å². The van der Waals surface area contributed by atoms with Crippen LogP contribution in [0.4, 0.5) is 0 Å². The van der Waals surface area contributed by atoms with Gasteiger partial charge in [-0.25, -0.2) is 0 Å². The summed E-state index contributed by atoms with van der Waals surface area (Å²) in [5.41, 5.74) is 2.47. The summed E-state index contributed by atoms with van der Waals surface area (Å²) < 4.78 is 5.83. The van der Waals surface area contributed by atoms with Crippen molar-refractivity contribution in [2.45, 2.75) is 71.2 Å². The topological polar surface area (TPSA) is 32.8 Å². The van der Waals surface area contributed by atoms with Crippen molar-refractivity contribution in [1.82, 2.24) is 0 Å². The van der Waals surface area contributed by atoms with Crippen molar-refractivity contribution < 1.29 is 9.84 Å². The first-order valence-electron chi connectivity index (χ1n) is 8.64. The molecule has 3 fully saturated rings. The van der Waals surface area contributed by atoms with Gasteiger partial charge in [0.1, 0.15) is 6.10 Å². The number of hydrogen-bond acceptors (Lipinski definition) is 2. The van der Waals surface area contributed by atoms with Gasteiger partial charge in [-0.1, -0.05) is 42.9 Å². The molecule has 0 bridgehead atoms. The first kappa shape index (κ1) is 16.0. The van der Waals surface area contributed by atoms with Crippen LogP contribution in [-0.4, -0.2) is 22.9 Å². The summed E-state index contributed by atoms with van der Waals surface area (Å²) in [6, 6.07) is 0. The van der Waals surface area contributed by atoms with E-state index in [0.717, 1.165) is 18.4 Å². The standard InChI is InChI=1S/C20H30O2/c1-13(2)7-6-8-14(3)15-9-11-19(4)16(15)10-12-20(5)18(22-20)17(19)21/h6-8,15-18,21H,1,9-12H2,2-5H3/b7-6+,14-8+/t15-,16-,17+,18-,19-,20+/m0/s1. The SMILES string of the molecule is C=C(C)/C=C/C=C(\C)[C@@H]1CC[C@]2(C)[C@H](O)[C@@H]3O[C@]3(C)CC[C@@H]12. The van der Waals surface area contributed by atoms with Crippen LogP contribution in [0, 0.1) is 17.3 Å². The van der Waals surface area contributed by atoms with Gasteiger partial charge < -0.3 is 9.84 Å². The average Bonchev–Trinajstić information content (AvgIpc) is 3.00. The molecule has 122 valence electrons. The van der Waals surface area contributed by atoms with E-state index in [2.05, 4.69) is 45.6 Å². The largest absolute Gasteiger partial charge is 0.390 e. The van der Waals surface area contributed by atoms with Crippen LogP contribution >= 0.6 is 0 Å². The molecule has 1 heterocycles. The van der Waals surface area contributed by atoms with E-state index in [1.54, 1.807) is 0 Å². The van der Waals surface area contributed by atoms with Gasteiger partial charge in [0.05, 0.1) is 11.7 Å². The van der Waals surface area contributed by atoms with Gasteiger partial charge in [0, 0.05) is 0 Å². The molecule has 0 radical (unpaired) electrons. The lowest BCUT2D eigenvalue weighted by Crippen LogP contribution is -2.40. The molecule has 2 aliphatic carbocycles. The summed E-state index contributed by atoms with van der Waals surface area (Å²) in [5.74, 6) is 1.17. The van der Waals surface area contributed by atoms with Gasteiger partial charge in [-0.3, -0.25) is 0 Å². The summed E-state index contributed by atoms with van der Waals surface area (Å²) in [7, 11) is 0. The Morgan fingerprint density at radius 3 is 2.64 bits per heavy atom. The Kier molecular flexibility index (Phi) is 3.89. The molecule has 22 heavy (non-hydrogen) atoms. The number of rotatable bonds is 3. The molecule has 0 aromatic heterocycles. The lowest BCUT2D eigenvalue weighted by molar-refractivity contribution is -0.0165. The van der Waals surface area contributed by atoms with Gasteiger partial charge in [-0.05, 0) is 63.7 Å². The summed E-state index contributed by atoms with van der Waals surface area (Å²) in [5, 5.41) is 10.9. The van der Waals surface area contributed by atoms with Gasteiger partial charge in [0.25, 0.3) is 0 Å². The molecule has 1 aliphatic heterocycles. The third-order valence-corrected chi connectivity index (χ3v) is 6.51. The van der Waals surface area contributed by atoms with Crippen LogP contribution in [-0.2, 0) is 4.74 Å². The van der Waals surface area contributed by atoms with Crippen LogP contribution in [0.2, 0.25) is 0 Å². The van der Waals surface area contributed by atoms with Crippen molar-refractivity contribution >= 4 is 0 Å². The lowest BCUT2D eigenvalue weighted by atomic mass is 9.70. The van der Waals surface area contributed by atoms with Crippen molar-refractivity contribution in [3.8, 4) is 0 Å². The second-order valence-electron chi connectivity index (χ2n) is 8.21. The van der Waals surface area contributed by atoms with E-state index >= 15 is 0 Å². The minimum Gasteiger partial charge on any atom is -0.390 e. The maximum absolute atomic E-state index is 10.9. The maximum Gasteiger partial charge on any atom is 0.113 e. The van der Waals surface area contributed by atoms with E-state index in [1.807, 2.05) is 6.92 Å². The van der Waals surface area contributed by atoms with Gasteiger partial charge in [-0.15, -0.1) is 0 Å². The molecule has 0 amide bonds. The number of allylic oxidation sites excluding steroid dienone is 5. The Hall–Kier alpha value is -0.860. The van der Waals surface area contributed by atoms with Crippen molar-refractivity contribution in [3.63, 3.8) is 0 Å². The molecule has 2 nitrogen and oxygen atoms in total. The van der Waals surface area contributed by atoms with Crippen molar-refractivity contribution in [2.75, 3.05) is 0 Å². The fourth-order valence-corrected chi connectivity index (χ4v) is 4.89. The lowest BCUT2D eigenvalue weighted by Gasteiger charge is -2.37. The van der Waals surface area contributed by atoms with Gasteiger partial charge in [-0.2, -0.15) is 0 Å². The molecular weight excluding hydrogens is 272 g/mol. The number of fused-ring (bicyclic) bond motifs is 2. The zero-order valence-corrected chi connectivity index (χ0v) is 14.4. The second-order valence-corrected chi connectivity index (χ2v) is 8.21. The molecular formula is C20H30O2. The van der Waals surface area contributed by atoms with Crippen molar-refractivity contribution in [1.29, 1.82) is 0 Å². The molecule has 1 N–H and O–H groups in total. The highest BCUT2D eigenvalue weighted by Crippen LogP contribution is 2.61. The third kappa shape index (κ3) is 2.51. The van der Waals surface area contributed by atoms with Crippen LogP contribution < -0.4 is 0 Å². The molecule has 0 unspecified atom stereocenters. The van der Waals surface area contributed by atoms with Crippen LogP contribution in [0.25, 0.3) is 0 Å². The van der Waals surface area contributed by atoms with E-state index < -0.39 is 0 Å². The zero-order valence-electron chi connectivity index (χ0n) is 14.4. The van der Waals surface area contributed by atoms with Gasteiger partial charge in [0.2, 0.25) is 0 Å². The molecule has 0 aromatic rings. The monoisotopic (exact) mass is 302 g/mol. The fourth-order valence-electron chi connectivity index (χ4n) is 4.89. The Labute approximate surface area is 134 Å². The van der Waals surface area contributed by atoms with E-state index in [1.165, 1.54) is 18.4 Å². The van der Waals surface area contributed by atoms with E-state index in [9.17, 15) is 5.11 Å². The zero-order chi connectivity index (χ0) is 16.1. The summed E-state index contributed by atoms with van der Waals surface area (Å²) in [6.07, 6.45) is 10.7. The molecule has 3 aliphatic rings. The third-order valence-electron chi connectivity index (χ3n) is 6.51. The molecule has 2 saturated carbocycles. The molecule has 2 heteroatoms. The molecule has 6 atom stereocenters. The number of aliphatic hydroxyl groups excluding tert-OH is 1. The van der Waals surface area contributed by atoms with Crippen molar-refractivity contribution in [2.24, 2.45) is 17.3 Å². The Bertz CT molecular complexity index is 532. The highest BCUT2D eigenvalue weighted by Gasteiger charge is 2.65. The maximum atomic E-state index is 10.9. The highest BCUT2D eigenvalue weighted by atomic mass is 16.6. The highest BCUT2D eigenvalue weighted by molar-refractivity contribution is 5.24. The van der Waals surface area contributed by atoms with E-state index in [-0.39, 0.29) is 23.2 Å². The normalized spacial score (nSPS) is 48.0. The number of aliphatic hydroxyl groups is 1. The fraction of sp³-hybridized carbons (Fsp3) is 0.700. The van der Waals surface area contributed by atoms with Crippen LogP contribution in [0.5, 0.6) is 0 Å². The number of ether oxygens (including phenoxy) is 1. The predicted octanol–water partition coefficient (Wildman–Crippen LogP) is 4.41. The minimum absolute atomic E-state index is 0.0107. The minimum atomic E-state index is -0.311. The first-order chi connectivity index (χ1) is 10.3. The summed E-state index contributed by atoms with van der Waals surface area (Å²) >= 11 is 0. The number of hydrogen-bond donors (Lipinski definition) is 1. The van der Waals surface area contributed by atoms with Crippen LogP contribution in [0.15, 0.2) is 36.0 Å². The van der Waals surface area contributed by atoms with E-state index in [4.69, 9.17) is 4.74 Å². The summed E-state index contributed by atoms with van der Waals surface area (Å²) in [6.45, 7) is 12.6. The average molecular weight is 302 g/mol. The predicted molar refractivity (Wildman–Crippen MR) is 90.6 cm³/mol. The first-order valence-corrected chi connectivity index (χ1v) is 8.64. The van der Waals surface area contributed by atoms with Gasteiger partial charge in [0.15, 0.2) is 0 Å². The van der Waals surface area contributed by atoms with E-state index in [0.29, 0.717) is 11.8 Å². The Balaban J connectivity index is 1.80. The van der Waals surface area contributed by atoms with Crippen molar-refractivity contribution in [3.05, 3.63) is 36.0 Å². The smallest absolute Gasteiger partial charge is 0.113 e. The second kappa shape index (κ2) is 5.35.